The minimum absolute atomic E-state index is 0.0748. The van der Waals surface area contributed by atoms with Crippen LogP contribution in [0.15, 0.2) is 36.9 Å². The Morgan fingerprint density at radius 1 is 1.22 bits per heavy atom. The first kappa shape index (κ1) is 25.7. The van der Waals surface area contributed by atoms with Crippen LogP contribution >= 0.6 is 11.6 Å². The second kappa shape index (κ2) is 9.09. The Labute approximate surface area is 216 Å². The molecule has 2 aliphatic heterocycles. The molecule has 2 unspecified atom stereocenters. The Bertz CT molecular complexity index is 1250. The van der Waals surface area contributed by atoms with Gasteiger partial charge in [0, 0.05) is 47.7 Å². The molecule has 1 saturated carbocycles. The van der Waals surface area contributed by atoms with Crippen molar-refractivity contribution in [3.8, 4) is 0 Å². The van der Waals surface area contributed by atoms with E-state index in [0.717, 1.165) is 38.1 Å². The molecule has 0 bridgehead atoms. The van der Waals surface area contributed by atoms with E-state index in [2.05, 4.69) is 22.1 Å². The van der Waals surface area contributed by atoms with Crippen molar-refractivity contribution in [2.75, 3.05) is 30.8 Å². The Kier molecular flexibility index (Phi) is 6.31. The third-order valence-electron chi connectivity index (χ3n) is 7.82. The van der Waals surface area contributed by atoms with Crippen molar-refractivity contribution in [1.29, 1.82) is 0 Å². The molecule has 1 aliphatic carbocycles. The van der Waals surface area contributed by atoms with Gasteiger partial charge in [0.25, 0.3) is 0 Å². The number of nitrogens with zero attached hydrogens (tertiary/aromatic N) is 2. The molecular weight excluding hydrogens is 512 g/mol. The van der Waals surface area contributed by atoms with Crippen LogP contribution < -0.4 is 10.6 Å². The van der Waals surface area contributed by atoms with Gasteiger partial charge >= 0.3 is 12.1 Å². The van der Waals surface area contributed by atoms with E-state index >= 15 is 0 Å². The Hall–Kier alpha value is -2.98. The van der Waals surface area contributed by atoms with Crippen LogP contribution in [0, 0.1) is 11.2 Å². The fourth-order valence-electron chi connectivity index (χ4n) is 5.37. The van der Waals surface area contributed by atoms with Crippen molar-refractivity contribution in [3.63, 3.8) is 0 Å². The molecule has 2 aromatic rings. The average Bonchev–Trinajstić information content (AvgIpc) is 3.59. The van der Waals surface area contributed by atoms with Gasteiger partial charge in [-0.1, -0.05) is 18.2 Å². The van der Waals surface area contributed by atoms with Crippen molar-refractivity contribution in [2.45, 2.75) is 44.2 Å². The summed E-state index contributed by atoms with van der Waals surface area (Å²) in [6.07, 6.45) is -0.706. The number of hydrogen-bond acceptors (Lipinski definition) is 5. The van der Waals surface area contributed by atoms with E-state index < -0.39 is 35.9 Å². The lowest BCUT2D eigenvalue weighted by Crippen LogP contribution is -2.55. The van der Waals surface area contributed by atoms with Crippen LogP contribution in [0.5, 0.6) is 0 Å². The summed E-state index contributed by atoms with van der Waals surface area (Å²) in [4.78, 5) is 15.7. The smallest absolute Gasteiger partial charge is 0.412 e. The molecule has 198 valence electrons. The number of likely N-dealkylation sites (tertiary alicyclic amines) is 1. The molecule has 11 heteroatoms. The molecular formula is C26H27ClF4N4O2. The summed E-state index contributed by atoms with van der Waals surface area (Å²) in [5, 5.41) is 15.1. The van der Waals surface area contributed by atoms with Crippen LogP contribution in [0.25, 0.3) is 5.70 Å². The fraction of sp³-hybridized carbons (Fsp3) is 0.423. The SMILES string of the molecule is C=C1c2cc(Cl)cc(C(Nc3ccc(F)cc3C(=O)O)C(F)(F)F)c2NC(N2CCC3(CC2)CC3)N1C. The second-order valence-electron chi connectivity index (χ2n) is 10.1. The number of aromatic carboxylic acids is 1. The van der Waals surface area contributed by atoms with Crippen LogP contribution in [0.2, 0.25) is 5.02 Å². The first-order valence-electron chi connectivity index (χ1n) is 12.0. The first-order chi connectivity index (χ1) is 17.4. The zero-order valence-electron chi connectivity index (χ0n) is 20.1. The Balaban J connectivity index is 1.55. The van der Waals surface area contributed by atoms with Gasteiger partial charge in [0.05, 0.1) is 11.3 Å². The number of carboxylic acids is 1. The van der Waals surface area contributed by atoms with Crippen LogP contribution in [-0.4, -0.2) is 53.5 Å². The third-order valence-corrected chi connectivity index (χ3v) is 8.04. The predicted molar refractivity (Wildman–Crippen MR) is 134 cm³/mol. The minimum atomic E-state index is -4.84. The summed E-state index contributed by atoms with van der Waals surface area (Å²) in [6.45, 7) is 5.76. The number of halogens is 5. The molecule has 0 radical (unpaired) electrons. The monoisotopic (exact) mass is 538 g/mol. The van der Waals surface area contributed by atoms with Gasteiger partial charge in [-0.3, -0.25) is 4.90 Å². The van der Waals surface area contributed by atoms with E-state index in [9.17, 15) is 27.5 Å². The van der Waals surface area contributed by atoms with Crippen molar-refractivity contribution < 1.29 is 27.5 Å². The molecule has 1 spiro atoms. The number of hydrogen-bond donors (Lipinski definition) is 3. The summed E-state index contributed by atoms with van der Waals surface area (Å²) < 4.78 is 57.2. The molecule has 2 heterocycles. The summed E-state index contributed by atoms with van der Waals surface area (Å²) in [5.41, 5.74) is 0.415. The molecule has 2 fully saturated rings. The molecule has 3 N–H and O–H groups in total. The summed E-state index contributed by atoms with van der Waals surface area (Å²) in [5.74, 6) is -2.42. The highest BCUT2D eigenvalue weighted by atomic mass is 35.5. The minimum Gasteiger partial charge on any atom is -0.478 e. The molecule has 3 aliphatic rings. The normalized spacial score (nSPS) is 21.8. The number of benzene rings is 2. The van der Waals surface area contributed by atoms with Gasteiger partial charge in [0.15, 0.2) is 12.3 Å². The Morgan fingerprint density at radius 2 is 1.89 bits per heavy atom. The number of alkyl halides is 3. The van der Waals surface area contributed by atoms with Gasteiger partial charge < -0.3 is 20.6 Å². The summed E-state index contributed by atoms with van der Waals surface area (Å²) in [6, 6.07) is 3.02. The molecule has 0 aromatic heterocycles. The fourth-order valence-corrected chi connectivity index (χ4v) is 5.60. The van der Waals surface area contributed by atoms with Gasteiger partial charge in [-0.15, -0.1) is 0 Å². The number of rotatable bonds is 5. The number of nitrogens with one attached hydrogen (secondary N) is 2. The highest BCUT2D eigenvalue weighted by Crippen LogP contribution is 2.54. The van der Waals surface area contributed by atoms with Crippen LogP contribution in [-0.2, 0) is 0 Å². The van der Waals surface area contributed by atoms with E-state index in [-0.39, 0.29) is 22.0 Å². The number of carboxylic acid groups (broad SMARTS) is 1. The first-order valence-corrected chi connectivity index (χ1v) is 12.4. The Morgan fingerprint density at radius 3 is 2.49 bits per heavy atom. The van der Waals surface area contributed by atoms with E-state index in [0.29, 0.717) is 22.7 Å². The van der Waals surface area contributed by atoms with Crippen molar-refractivity contribution in [1.82, 2.24) is 9.80 Å². The average molecular weight is 539 g/mol. The van der Waals surface area contributed by atoms with E-state index in [1.807, 2.05) is 11.9 Å². The summed E-state index contributed by atoms with van der Waals surface area (Å²) in [7, 11) is 1.84. The van der Waals surface area contributed by atoms with Crippen molar-refractivity contribution in [2.24, 2.45) is 5.41 Å². The van der Waals surface area contributed by atoms with Crippen LogP contribution in [0.3, 0.4) is 0 Å². The second-order valence-corrected chi connectivity index (χ2v) is 10.6. The maximum Gasteiger partial charge on any atom is 0.412 e. The third kappa shape index (κ3) is 4.84. The molecule has 2 aromatic carbocycles. The predicted octanol–water partition coefficient (Wildman–Crippen LogP) is 6.38. The molecule has 2 atom stereocenters. The number of anilines is 2. The standard InChI is InChI=1S/C26H27ClF4N4O2/c1-14-17-11-15(27)12-19(21(17)33-24(34(14)2)35-9-7-25(5-6-25)8-10-35)22(26(29,30)31)32-20-4-3-16(28)13-18(20)23(36)37/h3-4,11-13,22,24,32-33H,1,5-10H2,2H3,(H,36,37). The zero-order valence-corrected chi connectivity index (χ0v) is 20.9. The number of carbonyl (C=O) groups is 1. The largest absolute Gasteiger partial charge is 0.478 e. The van der Waals surface area contributed by atoms with E-state index in [4.69, 9.17) is 11.6 Å². The molecule has 1 saturated heterocycles. The topological polar surface area (TPSA) is 67.8 Å². The molecule has 37 heavy (non-hydrogen) atoms. The van der Waals surface area contributed by atoms with Gasteiger partial charge in [0.1, 0.15) is 5.82 Å². The molecule has 6 nitrogen and oxygen atoms in total. The van der Waals surface area contributed by atoms with E-state index in [1.54, 1.807) is 6.07 Å². The summed E-state index contributed by atoms with van der Waals surface area (Å²) >= 11 is 6.28. The number of fused-ring (bicyclic) bond motifs is 1. The van der Waals surface area contributed by atoms with Crippen molar-refractivity contribution in [3.05, 3.63) is 64.4 Å². The quantitative estimate of drug-likeness (QED) is 0.384. The van der Waals surface area contributed by atoms with Gasteiger partial charge in [0.2, 0.25) is 0 Å². The lowest BCUT2D eigenvalue weighted by atomic mass is 9.93. The maximum atomic E-state index is 14.5. The highest BCUT2D eigenvalue weighted by molar-refractivity contribution is 6.31. The maximum absolute atomic E-state index is 14.5. The van der Waals surface area contributed by atoms with Crippen LogP contribution in [0.1, 0.15) is 53.2 Å². The lowest BCUT2D eigenvalue weighted by Gasteiger charge is -2.47. The van der Waals surface area contributed by atoms with E-state index in [1.165, 1.54) is 18.9 Å². The van der Waals surface area contributed by atoms with Gasteiger partial charge in [-0.2, -0.15) is 13.2 Å². The highest BCUT2D eigenvalue weighted by Gasteiger charge is 2.47. The molecule has 0 amide bonds. The lowest BCUT2D eigenvalue weighted by molar-refractivity contribution is -0.143. The van der Waals surface area contributed by atoms with Gasteiger partial charge in [-0.25, -0.2) is 9.18 Å². The number of piperidine rings is 1. The van der Waals surface area contributed by atoms with Gasteiger partial charge in [-0.05, 0) is 61.4 Å². The molecule has 5 rings (SSSR count). The zero-order chi connectivity index (χ0) is 26.7. The van der Waals surface area contributed by atoms with Crippen LogP contribution in [0.4, 0.5) is 28.9 Å². The van der Waals surface area contributed by atoms with Crippen molar-refractivity contribution >= 4 is 34.6 Å².